The second-order valence-corrected chi connectivity index (χ2v) is 5.08. The zero-order chi connectivity index (χ0) is 17.9. The van der Waals surface area contributed by atoms with Gasteiger partial charge in [-0.1, -0.05) is 30.3 Å². The van der Waals surface area contributed by atoms with Crippen LogP contribution in [0.3, 0.4) is 0 Å². The fourth-order valence-electron chi connectivity index (χ4n) is 2.11. The molecular weight excluding hydrogens is 312 g/mol. The summed E-state index contributed by atoms with van der Waals surface area (Å²) < 4.78 is 14.6. The third kappa shape index (κ3) is 7.58. The molecule has 0 aliphatic carbocycles. The SMILES string of the molecule is C=CC(=O)OCCOC(=O)Cc1cc(C)cc(CC(=O)OCC)c1. The first-order chi connectivity index (χ1) is 11.4. The van der Waals surface area contributed by atoms with Gasteiger partial charge in [-0.3, -0.25) is 9.59 Å². The van der Waals surface area contributed by atoms with Crippen molar-refractivity contribution in [2.45, 2.75) is 26.7 Å². The minimum absolute atomic E-state index is 0.0140. The summed E-state index contributed by atoms with van der Waals surface area (Å²) in [4.78, 5) is 34.2. The summed E-state index contributed by atoms with van der Waals surface area (Å²) in [5.74, 6) is -1.30. The minimum atomic E-state index is -0.562. The molecule has 0 heterocycles. The molecule has 0 saturated heterocycles. The number of benzene rings is 1. The van der Waals surface area contributed by atoms with Crippen molar-refractivity contribution in [3.8, 4) is 0 Å². The van der Waals surface area contributed by atoms with Gasteiger partial charge in [-0.15, -0.1) is 0 Å². The molecule has 1 rings (SSSR count). The van der Waals surface area contributed by atoms with Gasteiger partial charge in [-0.2, -0.15) is 0 Å². The Labute approximate surface area is 141 Å². The molecule has 1 aromatic rings. The van der Waals surface area contributed by atoms with Gasteiger partial charge in [0.1, 0.15) is 13.2 Å². The number of carbonyl (C=O) groups excluding carboxylic acids is 3. The van der Waals surface area contributed by atoms with Crippen LogP contribution in [0.1, 0.15) is 23.6 Å². The highest BCUT2D eigenvalue weighted by atomic mass is 16.6. The lowest BCUT2D eigenvalue weighted by Crippen LogP contribution is -2.14. The normalized spacial score (nSPS) is 9.92. The highest BCUT2D eigenvalue weighted by Crippen LogP contribution is 2.12. The largest absolute Gasteiger partial charge is 0.466 e. The van der Waals surface area contributed by atoms with E-state index < -0.39 is 11.9 Å². The first-order valence-corrected chi connectivity index (χ1v) is 7.64. The van der Waals surface area contributed by atoms with E-state index >= 15 is 0 Å². The Morgan fingerprint density at radius 2 is 1.50 bits per heavy atom. The first-order valence-electron chi connectivity index (χ1n) is 7.64. The molecule has 0 fully saturated rings. The summed E-state index contributed by atoms with van der Waals surface area (Å²) in [6.07, 6.45) is 1.28. The Kier molecular flexibility index (Phi) is 8.25. The highest BCUT2D eigenvalue weighted by molar-refractivity contribution is 5.81. The van der Waals surface area contributed by atoms with Gasteiger partial charge >= 0.3 is 17.9 Å². The van der Waals surface area contributed by atoms with E-state index in [-0.39, 0.29) is 32.0 Å². The van der Waals surface area contributed by atoms with Gasteiger partial charge < -0.3 is 14.2 Å². The number of ether oxygens (including phenoxy) is 3. The number of hydrogen-bond donors (Lipinski definition) is 0. The number of carbonyl (C=O) groups is 3. The maximum Gasteiger partial charge on any atom is 0.330 e. The maximum atomic E-state index is 11.8. The fraction of sp³-hybridized carbons (Fsp3) is 0.389. The van der Waals surface area contributed by atoms with Crippen LogP contribution in [-0.2, 0) is 41.4 Å². The monoisotopic (exact) mass is 334 g/mol. The van der Waals surface area contributed by atoms with Crippen LogP contribution in [-0.4, -0.2) is 37.7 Å². The molecule has 0 atom stereocenters. The van der Waals surface area contributed by atoms with Crippen molar-refractivity contribution in [3.05, 3.63) is 47.5 Å². The van der Waals surface area contributed by atoms with Gasteiger partial charge in [-0.25, -0.2) is 4.79 Å². The molecule has 0 amide bonds. The van der Waals surface area contributed by atoms with E-state index in [0.717, 1.165) is 22.8 Å². The van der Waals surface area contributed by atoms with Crippen molar-refractivity contribution < 1.29 is 28.6 Å². The second kappa shape index (κ2) is 10.2. The van der Waals surface area contributed by atoms with E-state index in [0.29, 0.717) is 6.61 Å². The van der Waals surface area contributed by atoms with Crippen LogP contribution >= 0.6 is 0 Å². The van der Waals surface area contributed by atoms with Gasteiger partial charge in [0, 0.05) is 6.08 Å². The molecule has 0 radical (unpaired) electrons. The number of esters is 3. The molecule has 6 nitrogen and oxygen atoms in total. The summed E-state index contributed by atoms with van der Waals surface area (Å²) in [6, 6.07) is 5.51. The highest BCUT2D eigenvalue weighted by Gasteiger charge is 2.10. The fourth-order valence-corrected chi connectivity index (χ4v) is 2.11. The van der Waals surface area contributed by atoms with Crippen LogP contribution in [0.25, 0.3) is 0 Å². The topological polar surface area (TPSA) is 78.9 Å². The standard InChI is InChI=1S/C18H22O6/c1-4-16(19)23-6-7-24-18(21)12-15-9-13(3)8-14(10-15)11-17(20)22-5-2/h4,8-10H,1,5-7,11-12H2,2-3H3. The summed E-state index contributed by atoms with van der Waals surface area (Å²) >= 11 is 0. The van der Waals surface area contributed by atoms with Crippen molar-refractivity contribution in [1.82, 2.24) is 0 Å². The molecule has 0 saturated carbocycles. The van der Waals surface area contributed by atoms with E-state index in [2.05, 4.69) is 6.58 Å². The molecule has 0 aliphatic heterocycles. The zero-order valence-electron chi connectivity index (χ0n) is 14.0. The van der Waals surface area contributed by atoms with E-state index in [9.17, 15) is 14.4 Å². The quantitative estimate of drug-likeness (QED) is 0.297. The van der Waals surface area contributed by atoms with Crippen molar-refractivity contribution in [2.24, 2.45) is 0 Å². The molecular formula is C18H22O6. The van der Waals surface area contributed by atoms with Crippen molar-refractivity contribution >= 4 is 17.9 Å². The zero-order valence-corrected chi connectivity index (χ0v) is 14.0. The van der Waals surface area contributed by atoms with Crippen LogP contribution in [0, 0.1) is 6.92 Å². The second-order valence-electron chi connectivity index (χ2n) is 5.08. The maximum absolute atomic E-state index is 11.8. The van der Waals surface area contributed by atoms with E-state index in [1.807, 2.05) is 19.1 Å². The van der Waals surface area contributed by atoms with E-state index in [1.165, 1.54) is 0 Å². The predicted octanol–water partition coefficient (Wildman–Crippen LogP) is 1.92. The molecule has 6 heteroatoms. The Hall–Kier alpha value is -2.63. The molecule has 0 aromatic heterocycles. The summed E-state index contributed by atoms with van der Waals surface area (Å²) in [5, 5.41) is 0. The molecule has 24 heavy (non-hydrogen) atoms. The minimum Gasteiger partial charge on any atom is -0.466 e. The lowest BCUT2D eigenvalue weighted by Gasteiger charge is -2.08. The summed E-state index contributed by atoms with van der Waals surface area (Å²) in [5.41, 5.74) is 2.48. The summed E-state index contributed by atoms with van der Waals surface area (Å²) in [7, 11) is 0. The third-order valence-corrected chi connectivity index (χ3v) is 2.96. The average Bonchev–Trinajstić information content (AvgIpc) is 2.50. The number of aryl methyl sites for hydroxylation is 1. The third-order valence-electron chi connectivity index (χ3n) is 2.96. The van der Waals surface area contributed by atoms with Gasteiger partial charge in [0.15, 0.2) is 0 Å². The van der Waals surface area contributed by atoms with Crippen LogP contribution in [0.15, 0.2) is 30.9 Å². The Balaban J connectivity index is 2.52. The average molecular weight is 334 g/mol. The van der Waals surface area contributed by atoms with Gasteiger partial charge in [0.25, 0.3) is 0 Å². The van der Waals surface area contributed by atoms with Gasteiger partial charge in [0.05, 0.1) is 19.4 Å². The number of hydrogen-bond acceptors (Lipinski definition) is 6. The molecule has 130 valence electrons. The van der Waals surface area contributed by atoms with E-state index in [4.69, 9.17) is 14.2 Å². The van der Waals surface area contributed by atoms with Crippen LogP contribution in [0.5, 0.6) is 0 Å². The van der Waals surface area contributed by atoms with Gasteiger partial charge in [-0.05, 0) is 25.0 Å². The predicted molar refractivity (Wildman–Crippen MR) is 87.3 cm³/mol. The lowest BCUT2D eigenvalue weighted by atomic mass is 10.0. The Morgan fingerprint density at radius 3 is 2.04 bits per heavy atom. The smallest absolute Gasteiger partial charge is 0.330 e. The van der Waals surface area contributed by atoms with Crippen LogP contribution < -0.4 is 0 Å². The Morgan fingerprint density at radius 1 is 0.958 bits per heavy atom. The van der Waals surface area contributed by atoms with Crippen LogP contribution in [0.2, 0.25) is 0 Å². The van der Waals surface area contributed by atoms with Gasteiger partial charge in [0.2, 0.25) is 0 Å². The number of rotatable bonds is 9. The van der Waals surface area contributed by atoms with Crippen molar-refractivity contribution in [2.75, 3.05) is 19.8 Å². The molecule has 0 bridgehead atoms. The van der Waals surface area contributed by atoms with Crippen LogP contribution in [0.4, 0.5) is 0 Å². The molecule has 0 aliphatic rings. The molecule has 0 N–H and O–H groups in total. The van der Waals surface area contributed by atoms with Crippen molar-refractivity contribution in [3.63, 3.8) is 0 Å². The molecule has 1 aromatic carbocycles. The summed E-state index contributed by atoms with van der Waals surface area (Å²) in [6.45, 7) is 7.21. The van der Waals surface area contributed by atoms with Crippen molar-refractivity contribution in [1.29, 1.82) is 0 Å². The van der Waals surface area contributed by atoms with E-state index in [1.54, 1.807) is 13.0 Å². The Bertz CT molecular complexity index is 606. The lowest BCUT2D eigenvalue weighted by molar-refractivity contribution is -0.149. The molecule has 0 spiro atoms. The first kappa shape index (κ1) is 19.4. The molecule has 0 unspecified atom stereocenters.